The number of nitrogens with one attached hydrogen (secondary N) is 1. The van der Waals surface area contributed by atoms with Crippen LogP contribution in [0.2, 0.25) is 5.02 Å². The molecule has 0 radical (unpaired) electrons. The first-order valence-corrected chi connectivity index (χ1v) is 5.73. The van der Waals surface area contributed by atoms with E-state index in [1.54, 1.807) is 43.5 Å². The smallest absolute Gasteiger partial charge is 0.257 e. The largest absolute Gasteiger partial charge is 0.398 e. The summed E-state index contributed by atoms with van der Waals surface area (Å²) >= 11 is 5.89. The van der Waals surface area contributed by atoms with E-state index in [0.29, 0.717) is 27.7 Å². The van der Waals surface area contributed by atoms with E-state index >= 15 is 0 Å². The SMILES string of the molecule is Cc1ncccc1C(=O)Nc1ccc(N)c(Cl)c1. The van der Waals surface area contributed by atoms with Crippen LogP contribution in [0, 0.1) is 6.92 Å². The number of nitrogen functional groups attached to an aromatic ring is 1. The molecule has 1 amide bonds. The van der Waals surface area contributed by atoms with Gasteiger partial charge >= 0.3 is 0 Å². The predicted molar refractivity (Wildman–Crippen MR) is 72.8 cm³/mol. The summed E-state index contributed by atoms with van der Waals surface area (Å²) in [6.45, 7) is 1.78. The summed E-state index contributed by atoms with van der Waals surface area (Å²) in [7, 11) is 0. The Bertz CT molecular complexity index is 599. The molecule has 0 unspecified atom stereocenters. The fourth-order valence-electron chi connectivity index (χ4n) is 1.53. The van der Waals surface area contributed by atoms with Crippen LogP contribution in [0.1, 0.15) is 16.1 Å². The van der Waals surface area contributed by atoms with Gasteiger partial charge < -0.3 is 11.1 Å². The van der Waals surface area contributed by atoms with Crippen LogP contribution in [0.5, 0.6) is 0 Å². The molecule has 0 bridgehead atoms. The van der Waals surface area contributed by atoms with Crippen LogP contribution in [0.4, 0.5) is 11.4 Å². The molecule has 5 heteroatoms. The van der Waals surface area contributed by atoms with Crippen molar-refractivity contribution >= 4 is 28.9 Å². The number of hydrogen-bond donors (Lipinski definition) is 2. The molecular weight excluding hydrogens is 250 g/mol. The highest BCUT2D eigenvalue weighted by Crippen LogP contribution is 2.23. The Kier molecular flexibility index (Phi) is 3.48. The van der Waals surface area contributed by atoms with E-state index in [9.17, 15) is 4.79 Å². The van der Waals surface area contributed by atoms with Crippen molar-refractivity contribution in [1.82, 2.24) is 4.98 Å². The van der Waals surface area contributed by atoms with Crippen molar-refractivity contribution in [2.24, 2.45) is 0 Å². The molecule has 18 heavy (non-hydrogen) atoms. The third-order valence-corrected chi connectivity index (χ3v) is 2.84. The molecule has 0 aliphatic heterocycles. The Hall–Kier alpha value is -2.07. The summed E-state index contributed by atoms with van der Waals surface area (Å²) in [6.07, 6.45) is 1.65. The number of halogens is 1. The maximum Gasteiger partial charge on any atom is 0.257 e. The van der Waals surface area contributed by atoms with Gasteiger partial charge in [-0.15, -0.1) is 0 Å². The monoisotopic (exact) mass is 261 g/mol. The van der Waals surface area contributed by atoms with Crippen molar-refractivity contribution < 1.29 is 4.79 Å². The number of amides is 1. The highest BCUT2D eigenvalue weighted by molar-refractivity contribution is 6.33. The fraction of sp³-hybridized carbons (Fsp3) is 0.0769. The Morgan fingerprint density at radius 3 is 2.83 bits per heavy atom. The van der Waals surface area contributed by atoms with Crippen LogP contribution < -0.4 is 11.1 Å². The van der Waals surface area contributed by atoms with E-state index in [1.807, 2.05) is 0 Å². The number of nitrogens with two attached hydrogens (primary N) is 1. The van der Waals surface area contributed by atoms with Gasteiger partial charge in [0.2, 0.25) is 0 Å². The Morgan fingerprint density at radius 1 is 1.39 bits per heavy atom. The quantitative estimate of drug-likeness (QED) is 0.817. The molecule has 1 heterocycles. The second-order valence-corrected chi connectivity index (χ2v) is 4.23. The normalized spacial score (nSPS) is 10.1. The molecule has 2 rings (SSSR count). The summed E-state index contributed by atoms with van der Waals surface area (Å²) in [5, 5.41) is 3.16. The number of pyridine rings is 1. The van der Waals surface area contributed by atoms with E-state index in [4.69, 9.17) is 17.3 Å². The van der Waals surface area contributed by atoms with Crippen LogP contribution in [0.15, 0.2) is 36.5 Å². The number of rotatable bonds is 2. The molecule has 0 aliphatic carbocycles. The highest BCUT2D eigenvalue weighted by Gasteiger charge is 2.09. The van der Waals surface area contributed by atoms with Gasteiger partial charge in [-0.2, -0.15) is 0 Å². The standard InChI is InChI=1S/C13H12ClN3O/c1-8-10(3-2-6-16-8)13(18)17-9-4-5-12(15)11(14)7-9/h2-7H,15H2,1H3,(H,17,18). The average molecular weight is 262 g/mol. The molecular formula is C13H12ClN3O. The van der Waals surface area contributed by atoms with E-state index in [2.05, 4.69) is 10.3 Å². The van der Waals surface area contributed by atoms with Crippen molar-refractivity contribution in [2.45, 2.75) is 6.92 Å². The maximum atomic E-state index is 12.0. The van der Waals surface area contributed by atoms with Crippen LogP contribution >= 0.6 is 11.6 Å². The van der Waals surface area contributed by atoms with E-state index in [0.717, 1.165) is 0 Å². The van der Waals surface area contributed by atoms with Gasteiger partial charge in [0.25, 0.3) is 5.91 Å². The van der Waals surface area contributed by atoms with Crippen molar-refractivity contribution in [3.63, 3.8) is 0 Å². The number of aryl methyl sites for hydroxylation is 1. The average Bonchev–Trinajstić information content (AvgIpc) is 2.34. The molecule has 0 spiro atoms. The van der Waals surface area contributed by atoms with Gasteiger partial charge in [0.05, 0.1) is 16.3 Å². The van der Waals surface area contributed by atoms with Crippen LogP contribution in [0.25, 0.3) is 0 Å². The van der Waals surface area contributed by atoms with Gasteiger partial charge in [-0.1, -0.05) is 11.6 Å². The van der Waals surface area contributed by atoms with E-state index in [-0.39, 0.29) is 5.91 Å². The summed E-state index contributed by atoms with van der Waals surface area (Å²) in [4.78, 5) is 16.1. The number of nitrogens with zero attached hydrogens (tertiary/aromatic N) is 1. The lowest BCUT2D eigenvalue weighted by Gasteiger charge is -2.08. The Morgan fingerprint density at radius 2 is 2.17 bits per heavy atom. The van der Waals surface area contributed by atoms with Crippen molar-refractivity contribution in [2.75, 3.05) is 11.1 Å². The number of benzene rings is 1. The van der Waals surface area contributed by atoms with Crippen LogP contribution in [-0.4, -0.2) is 10.9 Å². The molecule has 0 saturated heterocycles. The minimum atomic E-state index is -0.221. The Labute approximate surface area is 110 Å². The van der Waals surface area contributed by atoms with Gasteiger partial charge in [0, 0.05) is 17.6 Å². The van der Waals surface area contributed by atoms with Crippen LogP contribution in [0.3, 0.4) is 0 Å². The van der Waals surface area contributed by atoms with Crippen molar-refractivity contribution in [3.8, 4) is 0 Å². The topological polar surface area (TPSA) is 68.0 Å². The second-order valence-electron chi connectivity index (χ2n) is 3.83. The van der Waals surface area contributed by atoms with E-state index in [1.165, 1.54) is 0 Å². The van der Waals surface area contributed by atoms with E-state index < -0.39 is 0 Å². The third kappa shape index (κ3) is 2.60. The molecule has 4 nitrogen and oxygen atoms in total. The summed E-state index contributed by atoms with van der Waals surface area (Å²) in [5.74, 6) is -0.221. The van der Waals surface area contributed by atoms with Gasteiger partial charge in [-0.3, -0.25) is 9.78 Å². The summed E-state index contributed by atoms with van der Waals surface area (Å²) < 4.78 is 0. The zero-order valence-corrected chi connectivity index (χ0v) is 10.5. The second kappa shape index (κ2) is 5.06. The first-order valence-electron chi connectivity index (χ1n) is 5.36. The molecule has 1 aromatic carbocycles. The number of anilines is 2. The Balaban J connectivity index is 2.22. The number of aromatic nitrogens is 1. The zero-order chi connectivity index (χ0) is 13.1. The van der Waals surface area contributed by atoms with Gasteiger partial charge in [0.1, 0.15) is 0 Å². The van der Waals surface area contributed by atoms with Crippen molar-refractivity contribution in [3.05, 3.63) is 52.8 Å². The summed E-state index contributed by atoms with van der Waals surface area (Å²) in [6, 6.07) is 8.40. The first kappa shape index (κ1) is 12.4. The maximum absolute atomic E-state index is 12.0. The third-order valence-electron chi connectivity index (χ3n) is 2.51. The van der Waals surface area contributed by atoms with Crippen molar-refractivity contribution in [1.29, 1.82) is 0 Å². The fourth-order valence-corrected chi connectivity index (χ4v) is 1.71. The molecule has 0 atom stereocenters. The predicted octanol–water partition coefficient (Wildman–Crippen LogP) is 2.88. The lowest BCUT2D eigenvalue weighted by molar-refractivity contribution is 0.102. The highest BCUT2D eigenvalue weighted by atomic mass is 35.5. The van der Waals surface area contributed by atoms with Crippen LogP contribution in [-0.2, 0) is 0 Å². The van der Waals surface area contributed by atoms with Gasteiger partial charge in [-0.05, 0) is 37.3 Å². The summed E-state index contributed by atoms with van der Waals surface area (Å²) in [5.41, 5.74) is 7.89. The zero-order valence-electron chi connectivity index (χ0n) is 9.77. The van der Waals surface area contributed by atoms with Gasteiger partial charge in [0.15, 0.2) is 0 Å². The number of carbonyl (C=O) groups excluding carboxylic acids is 1. The minimum Gasteiger partial charge on any atom is -0.398 e. The molecule has 2 aromatic rings. The minimum absolute atomic E-state index is 0.221. The molecule has 0 fully saturated rings. The number of carbonyl (C=O) groups is 1. The lowest BCUT2D eigenvalue weighted by atomic mass is 10.2. The molecule has 1 aromatic heterocycles. The molecule has 92 valence electrons. The first-order chi connectivity index (χ1) is 8.58. The molecule has 3 N–H and O–H groups in total. The van der Waals surface area contributed by atoms with Gasteiger partial charge in [-0.25, -0.2) is 0 Å². The molecule has 0 aliphatic rings. The lowest BCUT2D eigenvalue weighted by Crippen LogP contribution is -2.13. The number of hydrogen-bond acceptors (Lipinski definition) is 3. The molecule has 0 saturated carbocycles.